The Labute approximate surface area is 213 Å². The Morgan fingerprint density at radius 1 is 1.03 bits per heavy atom. The van der Waals surface area contributed by atoms with Crippen LogP contribution in [0.25, 0.3) is 10.4 Å². The Balaban J connectivity index is 1.60. The Morgan fingerprint density at radius 3 is 2.47 bits per heavy atom. The monoisotopic (exact) mass is 503 g/mol. The van der Waals surface area contributed by atoms with Gasteiger partial charge in [0.15, 0.2) is 5.13 Å². The maximum atomic E-state index is 14.4. The van der Waals surface area contributed by atoms with Crippen LogP contribution in [0.15, 0.2) is 72.9 Å². The van der Waals surface area contributed by atoms with Gasteiger partial charge in [0.05, 0.1) is 17.8 Å². The first-order valence-corrected chi connectivity index (χ1v) is 12.3. The zero-order valence-electron chi connectivity index (χ0n) is 20.0. The van der Waals surface area contributed by atoms with E-state index in [0.717, 1.165) is 26.8 Å². The molecule has 0 unspecified atom stereocenters. The fourth-order valence-corrected chi connectivity index (χ4v) is 4.63. The number of halogens is 1. The van der Waals surface area contributed by atoms with Gasteiger partial charge >= 0.3 is 5.97 Å². The van der Waals surface area contributed by atoms with Gasteiger partial charge in [-0.25, -0.2) is 9.37 Å². The highest BCUT2D eigenvalue weighted by atomic mass is 32.1. The van der Waals surface area contributed by atoms with Crippen LogP contribution in [0.3, 0.4) is 0 Å². The number of aryl methyl sites for hydroxylation is 2. The average molecular weight is 504 g/mol. The summed E-state index contributed by atoms with van der Waals surface area (Å²) in [6, 6.07) is 20.0. The number of rotatable bonds is 9. The van der Waals surface area contributed by atoms with Crippen molar-refractivity contribution >= 4 is 34.0 Å². The van der Waals surface area contributed by atoms with Gasteiger partial charge in [-0.1, -0.05) is 47.7 Å². The van der Waals surface area contributed by atoms with Crippen LogP contribution in [0.1, 0.15) is 33.5 Å². The molecule has 0 aliphatic carbocycles. The van der Waals surface area contributed by atoms with E-state index in [4.69, 9.17) is 5.11 Å². The molecular formula is C28H26FN3O3S. The van der Waals surface area contributed by atoms with Crippen LogP contribution in [0, 0.1) is 19.7 Å². The fraction of sp³-hybridized carbons (Fsp3) is 0.179. The zero-order valence-corrected chi connectivity index (χ0v) is 20.8. The lowest BCUT2D eigenvalue weighted by Gasteiger charge is -2.23. The van der Waals surface area contributed by atoms with Crippen LogP contribution in [0.2, 0.25) is 0 Å². The number of carbonyl (C=O) groups is 2. The molecule has 0 saturated heterocycles. The highest BCUT2D eigenvalue weighted by Gasteiger charge is 2.17. The molecule has 0 aliphatic heterocycles. The van der Waals surface area contributed by atoms with E-state index in [1.54, 1.807) is 36.5 Å². The number of carbonyl (C=O) groups excluding carboxylic acids is 1. The number of aliphatic carboxylic acids is 1. The molecule has 0 atom stereocenters. The number of nitrogens with one attached hydrogen (secondary N) is 1. The van der Waals surface area contributed by atoms with Crippen molar-refractivity contribution in [2.75, 3.05) is 11.4 Å². The molecule has 4 aromatic rings. The Morgan fingerprint density at radius 2 is 1.78 bits per heavy atom. The number of thiazole rings is 1. The number of anilines is 2. The molecule has 3 aromatic carbocycles. The van der Waals surface area contributed by atoms with E-state index in [2.05, 4.69) is 41.2 Å². The van der Waals surface area contributed by atoms with Crippen molar-refractivity contribution < 1.29 is 19.1 Å². The summed E-state index contributed by atoms with van der Waals surface area (Å²) < 4.78 is 14.4. The van der Waals surface area contributed by atoms with Crippen molar-refractivity contribution in [1.82, 2.24) is 10.3 Å². The molecule has 1 heterocycles. The Kier molecular flexibility index (Phi) is 7.75. The number of benzene rings is 3. The zero-order chi connectivity index (χ0) is 25.7. The van der Waals surface area contributed by atoms with Crippen molar-refractivity contribution in [3.8, 4) is 10.4 Å². The third-order valence-corrected chi connectivity index (χ3v) is 6.90. The Hall–Kier alpha value is -4.04. The minimum absolute atomic E-state index is 0.0743. The van der Waals surface area contributed by atoms with Gasteiger partial charge < -0.3 is 15.3 Å². The first kappa shape index (κ1) is 25.1. The second-order valence-electron chi connectivity index (χ2n) is 8.44. The van der Waals surface area contributed by atoms with Gasteiger partial charge in [0, 0.05) is 29.6 Å². The average Bonchev–Trinajstić information content (AvgIpc) is 3.34. The van der Waals surface area contributed by atoms with E-state index in [9.17, 15) is 14.0 Å². The van der Waals surface area contributed by atoms with Gasteiger partial charge in [-0.3, -0.25) is 9.59 Å². The summed E-state index contributed by atoms with van der Waals surface area (Å²) in [6.07, 6.45) is 1.56. The molecule has 4 rings (SSSR count). The smallest absolute Gasteiger partial charge is 0.305 e. The lowest BCUT2D eigenvalue weighted by Crippen LogP contribution is -2.26. The number of hydrogen-bond acceptors (Lipinski definition) is 5. The van der Waals surface area contributed by atoms with Gasteiger partial charge in [-0.15, -0.1) is 0 Å². The van der Waals surface area contributed by atoms with E-state index in [1.165, 1.54) is 23.0 Å². The molecule has 0 saturated carbocycles. The van der Waals surface area contributed by atoms with Crippen molar-refractivity contribution in [2.24, 2.45) is 0 Å². The normalized spacial score (nSPS) is 10.8. The summed E-state index contributed by atoms with van der Waals surface area (Å²) in [5, 5.41) is 12.1. The molecule has 2 N–H and O–H groups in total. The summed E-state index contributed by atoms with van der Waals surface area (Å²) in [7, 11) is 0. The third-order valence-electron chi connectivity index (χ3n) is 5.85. The van der Waals surface area contributed by atoms with Crippen molar-refractivity contribution in [3.05, 3.63) is 101 Å². The number of carboxylic acids is 1. The first-order valence-electron chi connectivity index (χ1n) is 11.5. The van der Waals surface area contributed by atoms with Crippen molar-refractivity contribution in [2.45, 2.75) is 26.8 Å². The second kappa shape index (κ2) is 11.1. The van der Waals surface area contributed by atoms with Crippen LogP contribution in [-0.2, 0) is 11.3 Å². The maximum absolute atomic E-state index is 14.4. The fourth-order valence-electron chi connectivity index (χ4n) is 3.67. The lowest BCUT2D eigenvalue weighted by molar-refractivity contribution is -0.136. The second-order valence-corrected chi connectivity index (χ2v) is 9.45. The molecule has 0 radical (unpaired) electrons. The Bertz CT molecular complexity index is 1390. The van der Waals surface area contributed by atoms with Crippen LogP contribution in [0.4, 0.5) is 15.2 Å². The summed E-state index contributed by atoms with van der Waals surface area (Å²) in [4.78, 5) is 30.4. The minimum Gasteiger partial charge on any atom is -0.481 e. The van der Waals surface area contributed by atoms with E-state index in [1.807, 2.05) is 18.2 Å². The summed E-state index contributed by atoms with van der Waals surface area (Å²) >= 11 is 1.41. The molecule has 1 aromatic heterocycles. The molecule has 0 aliphatic rings. The minimum atomic E-state index is -0.961. The summed E-state index contributed by atoms with van der Waals surface area (Å²) in [6.45, 7) is 4.68. The molecule has 36 heavy (non-hydrogen) atoms. The number of aromatic nitrogens is 1. The van der Waals surface area contributed by atoms with E-state index in [-0.39, 0.29) is 24.7 Å². The maximum Gasteiger partial charge on any atom is 0.305 e. The van der Waals surface area contributed by atoms with Gasteiger partial charge in [0.2, 0.25) is 0 Å². The van der Waals surface area contributed by atoms with Crippen LogP contribution in [0.5, 0.6) is 0 Å². The van der Waals surface area contributed by atoms with Crippen LogP contribution >= 0.6 is 11.3 Å². The number of carboxylic acid groups (broad SMARTS) is 1. The predicted molar refractivity (Wildman–Crippen MR) is 140 cm³/mol. The molecule has 184 valence electrons. The van der Waals surface area contributed by atoms with Gasteiger partial charge in [0.25, 0.3) is 5.91 Å². The van der Waals surface area contributed by atoms with Crippen molar-refractivity contribution in [3.63, 3.8) is 0 Å². The highest BCUT2D eigenvalue weighted by Crippen LogP contribution is 2.37. The van der Waals surface area contributed by atoms with Gasteiger partial charge in [-0.2, -0.15) is 0 Å². The van der Waals surface area contributed by atoms with E-state index < -0.39 is 5.97 Å². The van der Waals surface area contributed by atoms with Crippen LogP contribution < -0.4 is 10.2 Å². The van der Waals surface area contributed by atoms with Gasteiger partial charge in [0.1, 0.15) is 5.82 Å². The largest absolute Gasteiger partial charge is 0.481 e. The SMILES string of the molecule is Cc1ccc(N(Cc2ccc(C(=O)NCCC(=O)O)cc2)c2ncc(-c3ccccc3F)s2)cc1C. The van der Waals surface area contributed by atoms with E-state index in [0.29, 0.717) is 17.7 Å². The molecule has 0 bridgehead atoms. The molecular weight excluding hydrogens is 477 g/mol. The first-order chi connectivity index (χ1) is 17.3. The van der Waals surface area contributed by atoms with E-state index >= 15 is 0 Å². The number of hydrogen-bond donors (Lipinski definition) is 2. The molecule has 8 heteroatoms. The third kappa shape index (κ3) is 5.95. The van der Waals surface area contributed by atoms with Gasteiger partial charge in [-0.05, 0) is 60.9 Å². The molecule has 6 nitrogen and oxygen atoms in total. The number of amides is 1. The summed E-state index contributed by atoms with van der Waals surface area (Å²) in [5.74, 6) is -1.57. The molecule has 0 spiro atoms. The van der Waals surface area contributed by atoms with Crippen LogP contribution in [-0.4, -0.2) is 28.5 Å². The summed E-state index contributed by atoms with van der Waals surface area (Å²) in [5.41, 5.74) is 5.22. The quantitative estimate of drug-likeness (QED) is 0.288. The molecule has 0 fully saturated rings. The molecule has 1 amide bonds. The highest BCUT2D eigenvalue weighted by molar-refractivity contribution is 7.19. The standard InChI is InChI=1S/C28H26FN3O3S/c1-18-7-12-22(15-19(18)2)32(28-31-16-25(36-28)23-5-3-4-6-24(23)29)17-20-8-10-21(11-9-20)27(35)30-14-13-26(33)34/h3-12,15-16H,13-14,17H2,1-2H3,(H,30,35)(H,33,34). The number of nitrogens with zero attached hydrogens (tertiary/aromatic N) is 2. The van der Waals surface area contributed by atoms with Crippen molar-refractivity contribution in [1.29, 1.82) is 0 Å². The topological polar surface area (TPSA) is 82.5 Å². The predicted octanol–water partition coefficient (Wildman–Crippen LogP) is 6.11. The lowest BCUT2D eigenvalue weighted by atomic mass is 10.1.